The summed E-state index contributed by atoms with van der Waals surface area (Å²) >= 11 is 0. The van der Waals surface area contributed by atoms with Crippen molar-refractivity contribution in [1.82, 2.24) is 5.32 Å². The molecule has 0 aliphatic heterocycles. The van der Waals surface area contributed by atoms with Crippen molar-refractivity contribution in [1.29, 1.82) is 0 Å². The molecule has 1 aromatic carbocycles. The number of anilines is 2. The summed E-state index contributed by atoms with van der Waals surface area (Å²) in [6.45, 7) is 5.64. The van der Waals surface area contributed by atoms with Crippen LogP contribution in [0.2, 0.25) is 0 Å². The molecule has 2 atom stereocenters. The van der Waals surface area contributed by atoms with Crippen LogP contribution in [0, 0.1) is 0 Å². The zero-order chi connectivity index (χ0) is 17.0. The Labute approximate surface area is 139 Å². The van der Waals surface area contributed by atoms with Crippen LogP contribution in [0.5, 0.6) is 0 Å². The molecule has 5 nitrogen and oxygen atoms in total. The third-order valence-corrected chi connectivity index (χ3v) is 3.90. The smallest absolute Gasteiger partial charge is 0.407 e. The number of ether oxygens (including phenoxy) is 1. The fourth-order valence-electron chi connectivity index (χ4n) is 2.92. The molecule has 0 spiro atoms. The molecule has 1 fully saturated rings. The van der Waals surface area contributed by atoms with Gasteiger partial charge in [-0.1, -0.05) is 12.1 Å². The Balaban J connectivity index is 1.88. The normalized spacial score (nSPS) is 20.9. The van der Waals surface area contributed by atoms with Crippen molar-refractivity contribution in [2.45, 2.75) is 57.7 Å². The summed E-state index contributed by atoms with van der Waals surface area (Å²) in [5.41, 5.74) is 1.86. The van der Waals surface area contributed by atoms with E-state index in [0.29, 0.717) is 6.04 Å². The highest BCUT2D eigenvalue weighted by atomic mass is 16.6. The van der Waals surface area contributed by atoms with Gasteiger partial charge in [-0.2, -0.15) is 0 Å². The van der Waals surface area contributed by atoms with E-state index in [9.17, 15) is 4.79 Å². The van der Waals surface area contributed by atoms with E-state index in [1.54, 1.807) is 0 Å². The van der Waals surface area contributed by atoms with Gasteiger partial charge in [0, 0.05) is 26.2 Å². The minimum Gasteiger partial charge on any atom is -0.444 e. The Morgan fingerprint density at radius 1 is 1.17 bits per heavy atom. The summed E-state index contributed by atoms with van der Waals surface area (Å²) in [6.07, 6.45) is 2.61. The van der Waals surface area contributed by atoms with Crippen LogP contribution in [0.25, 0.3) is 0 Å². The second-order valence-electron chi connectivity index (χ2n) is 7.41. The number of carbonyl (C=O) groups is 1. The molecule has 0 bridgehead atoms. The number of alkyl carbamates (subject to hydrolysis) is 1. The lowest BCUT2D eigenvalue weighted by Gasteiger charge is -2.23. The first-order valence-corrected chi connectivity index (χ1v) is 8.27. The molecule has 1 saturated carbocycles. The first-order chi connectivity index (χ1) is 10.7. The maximum atomic E-state index is 11.9. The summed E-state index contributed by atoms with van der Waals surface area (Å²) in [7, 11) is 4.09. The number of hydrogen-bond acceptors (Lipinski definition) is 4. The standard InChI is InChI=1S/C18H29N3O2/c1-18(2,3)23-17(22)20-14-11-10-13(12-14)19-15-8-6-7-9-16(15)21(4)5/h6-9,13-14,19H,10-12H2,1-5H3,(H,20,22). The van der Waals surface area contributed by atoms with Crippen molar-refractivity contribution >= 4 is 17.5 Å². The third-order valence-electron chi connectivity index (χ3n) is 3.90. The Morgan fingerprint density at radius 3 is 2.48 bits per heavy atom. The van der Waals surface area contributed by atoms with Gasteiger partial charge in [0.05, 0.1) is 11.4 Å². The highest BCUT2D eigenvalue weighted by molar-refractivity contribution is 5.70. The van der Waals surface area contributed by atoms with E-state index in [4.69, 9.17) is 4.74 Å². The van der Waals surface area contributed by atoms with Crippen molar-refractivity contribution in [3.63, 3.8) is 0 Å². The molecule has 2 rings (SSSR count). The van der Waals surface area contributed by atoms with E-state index >= 15 is 0 Å². The van der Waals surface area contributed by atoms with Crippen LogP contribution in [-0.4, -0.2) is 37.9 Å². The fourth-order valence-corrected chi connectivity index (χ4v) is 2.92. The first kappa shape index (κ1) is 17.4. The second kappa shape index (κ2) is 7.11. The van der Waals surface area contributed by atoms with Crippen LogP contribution < -0.4 is 15.5 Å². The maximum Gasteiger partial charge on any atom is 0.407 e. The van der Waals surface area contributed by atoms with E-state index in [0.717, 1.165) is 24.9 Å². The molecule has 2 unspecified atom stereocenters. The van der Waals surface area contributed by atoms with Crippen molar-refractivity contribution < 1.29 is 9.53 Å². The number of para-hydroxylation sites is 2. The lowest BCUT2D eigenvalue weighted by atomic mass is 10.2. The molecule has 1 aromatic rings. The van der Waals surface area contributed by atoms with Crippen LogP contribution in [0.3, 0.4) is 0 Å². The first-order valence-electron chi connectivity index (χ1n) is 8.27. The van der Waals surface area contributed by atoms with Crippen LogP contribution in [-0.2, 0) is 4.74 Å². The lowest BCUT2D eigenvalue weighted by Crippen LogP contribution is -2.38. The van der Waals surface area contributed by atoms with Crippen molar-refractivity contribution in [3.8, 4) is 0 Å². The van der Waals surface area contributed by atoms with Gasteiger partial charge in [0.1, 0.15) is 5.60 Å². The summed E-state index contributed by atoms with van der Waals surface area (Å²) in [5.74, 6) is 0. The quantitative estimate of drug-likeness (QED) is 0.890. The zero-order valence-corrected chi connectivity index (χ0v) is 14.8. The SMILES string of the molecule is CN(C)c1ccccc1NC1CCC(NC(=O)OC(C)(C)C)C1. The van der Waals surface area contributed by atoms with E-state index in [2.05, 4.69) is 27.7 Å². The van der Waals surface area contributed by atoms with E-state index in [1.807, 2.05) is 47.0 Å². The van der Waals surface area contributed by atoms with E-state index < -0.39 is 5.60 Å². The van der Waals surface area contributed by atoms with Crippen LogP contribution in [0.4, 0.5) is 16.2 Å². The minimum absolute atomic E-state index is 0.175. The monoisotopic (exact) mass is 319 g/mol. The van der Waals surface area contributed by atoms with Gasteiger partial charge in [-0.15, -0.1) is 0 Å². The van der Waals surface area contributed by atoms with Gasteiger partial charge in [-0.3, -0.25) is 0 Å². The molecular formula is C18H29N3O2. The van der Waals surface area contributed by atoms with Crippen LogP contribution in [0.1, 0.15) is 40.0 Å². The van der Waals surface area contributed by atoms with E-state index in [1.165, 1.54) is 5.69 Å². The Kier molecular flexibility index (Phi) is 5.39. The zero-order valence-electron chi connectivity index (χ0n) is 14.8. The number of rotatable bonds is 4. The number of carbonyl (C=O) groups excluding carboxylic acids is 1. The fraction of sp³-hybridized carbons (Fsp3) is 0.611. The molecule has 5 heteroatoms. The number of hydrogen-bond donors (Lipinski definition) is 2. The molecule has 0 aromatic heterocycles. The summed E-state index contributed by atoms with van der Waals surface area (Å²) < 4.78 is 5.33. The molecule has 2 N–H and O–H groups in total. The number of amides is 1. The molecule has 23 heavy (non-hydrogen) atoms. The van der Waals surface area contributed by atoms with Gasteiger partial charge in [0.2, 0.25) is 0 Å². The highest BCUT2D eigenvalue weighted by Crippen LogP contribution is 2.29. The Morgan fingerprint density at radius 2 is 1.83 bits per heavy atom. The van der Waals surface area contributed by atoms with Crippen molar-refractivity contribution in [2.24, 2.45) is 0 Å². The summed E-state index contributed by atoms with van der Waals surface area (Å²) in [5, 5.41) is 6.59. The average molecular weight is 319 g/mol. The van der Waals surface area contributed by atoms with Crippen LogP contribution >= 0.6 is 0 Å². The molecule has 0 saturated heterocycles. The number of nitrogens with one attached hydrogen (secondary N) is 2. The molecule has 1 aliphatic rings. The lowest BCUT2D eigenvalue weighted by molar-refractivity contribution is 0.0505. The predicted octanol–water partition coefficient (Wildman–Crippen LogP) is 3.61. The molecular weight excluding hydrogens is 290 g/mol. The number of benzene rings is 1. The van der Waals surface area contributed by atoms with Crippen molar-refractivity contribution in [2.75, 3.05) is 24.3 Å². The highest BCUT2D eigenvalue weighted by Gasteiger charge is 2.28. The summed E-state index contributed by atoms with van der Waals surface area (Å²) in [4.78, 5) is 14.0. The minimum atomic E-state index is -0.453. The largest absolute Gasteiger partial charge is 0.444 e. The molecule has 0 radical (unpaired) electrons. The maximum absolute atomic E-state index is 11.9. The summed E-state index contributed by atoms with van der Waals surface area (Å²) in [6, 6.07) is 8.84. The van der Waals surface area contributed by atoms with Gasteiger partial charge in [-0.05, 0) is 52.2 Å². The Bertz CT molecular complexity index is 537. The van der Waals surface area contributed by atoms with Gasteiger partial charge >= 0.3 is 6.09 Å². The molecule has 128 valence electrons. The average Bonchev–Trinajstić information content (AvgIpc) is 2.84. The van der Waals surface area contributed by atoms with Gasteiger partial charge in [0.25, 0.3) is 0 Å². The van der Waals surface area contributed by atoms with Gasteiger partial charge in [-0.25, -0.2) is 4.79 Å². The van der Waals surface area contributed by atoms with Gasteiger partial charge < -0.3 is 20.3 Å². The Hall–Kier alpha value is -1.91. The third kappa shape index (κ3) is 5.34. The second-order valence-corrected chi connectivity index (χ2v) is 7.41. The molecule has 0 heterocycles. The number of nitrogens with zero attached hydrogens (tertiary/aromatic N) is 1. The molecule has 1 aliphatic carbocycles. The predicted molar refractivity (Wildman–Crippen MR) is 95.2 cm³/mol. The topological polar surface area (TPSA) is 53.6 Å². The molecule has 1 amide bonds. The van der Waals surface area contributed by atoms with Gasteiger partial charge in [0.15, 0.2) is 0 Å². The van der Waals surface area contributed by atoms with Crippen LogP contribution in [0.15, 0.2) is 24.3 Å². The van der Waals surface area contributed by atoms with Crippen molar-refractivity contribution in [3.05, 3.63) is 24.3 Å². The van der Waals surface area contributed by atoms with E-state index in [-0.39, 0.29) is 12.1 Å².